The summed E-state index contributed by atoms with van der Waals surface area (Å²) in [5.74, 6) is 1.32. The van der Waals surface area contributed by atoms with Gasteiger partial charge in [-0.3, -0.25) is 9.79 Å². The highest BCUT2D eigenvalue weighted by atomic mass is 32.2. The summed E-state index contributed by atoms with van der Waals surface area (Å²) < 4.78 is 2.37. The van der Waals surface area contributed by atoms with Gasteiger partial charge in [0.15, 0.2) is 0 Å². The van der Waals surface area contributed by atoms with Crippen LogP contribution in [0.25, 0.3) is 5.57 Å². The minimum absolute atomic E-state index is 0.232. The number of allylic oxidation sites excluding steroid dienone is 1. The second kappa shape index (κ2) is 11.5. The Kier molecular flexibility index (Phi) is 8.37. The van der Waals surface area contributed by atoms with Crippen molar-refractivity contribution in [3.05, 3.63) is 47.8 Å². The highest BCUT2D eigenvalue weighted by Gasteiger charge is 2.25. The number of hydrogen-bond donors (Lipinski definition) is 0. The van der Waals surface area contributed by atoms with Crippen LogP contribution < -0.4 is 4.90 Å². The molecule has 0 unspecified atom stereocenters. The number of aliphatic imine (C=N–C) groups is 1. The molecular weight excluding hydrogens is 442 g/mol. The lowest BCUT2D eigenvalue weighted by Gasteiger charge is -2.35. The molecule has 2 fully saturated rings. The molecule has 0 N–H and O–H groups in total. The van der Waals surface area contributed by atoms with Crippen molar-refractivity contribution >= 4 is 34.8 Å². The molecule has 0 radical (unpaired) electrons. The molecule has 2 saturated heterocycles. The van der Waals surface area contributed by atoms with Gasteiger partial charge in [0.2, 0.25) is 5.91 Å². The van der Waals surface area contributed by atoms with Crippen LogP contribution in [0.15, 0.2) is 41.7 Å². The number of aryl methyl sites for hydroxylation is 1. The van der Waals surface area contributed by atoms with E-state index in [1.54, 1.807) is 0 Å². The van der Waals surface area contributed by atoms with Crippen molar-refractivity contribution < 1.29 is 4.79 Å². The van der Waals surface area contributed by atoms with Gasteiger partial charge in [0.1, 0.15) is 0 Å². The minimum Gasteiger partial charge on any atom is -0.369 e. The van der Waals surface area contributed by atoms with E-state index < -0.39 is 0 Å². The molecule has 1 amide bonds. The van der Waals surface area contributed by atoms with Gasteiger partial charge in [0.05, 0.1) is 6.54 Å². The average Bonchev–Trinajstić information content (AvgIpc) is 3.20. The smallest absolute Gasteiger partial charge is 0.242 e. The Bertz CT molecular complexity index is 964. The van der Waals surface area contributed by atoms with Gasteiger partial charge < -0.3 is 14.7 Å². The number of nitrogens with zero attached hydrogens (tertiary/aromatic N) is 5. The predicted molar refractivity (Wildman–Crippen MR) is 145 cm³/mol. The molecule has 0 saturated carbocycles. The van der Waals surface area contributed by atoms with Crippen molar-refractivity contribution in [3.63, 3.8) is 0 Å². The third-order valence-corrected chi connectivity index (χ3v) is 8.04. The zero-order chi connectivity index (χ0) is 24.1. The lowest BCUT2D eigenvalue weighted by atomic mass is 9.95. The van der Waals surface area contributed by atoms with E-state index in [4.69, 9.17) is 0 Å². The molecule has 1 aromatic rings. The van der Waals surface area contributed by atoms with E-state index in [0.29, 0.717) is 6.54 Å². The van der Waals surface area contributed by atoms with E-state index in [9.17, 15) is 4.79 Å². The molecule has 0 atom stereocenters. The molecule has 0 bridgehead atoms. The lowest BCUT2D eigenvalue weighted by Crippen LogP contribution is -2.49. The fraction of sp³-hybridized carbons (Fsp3) is 0.556. The zero-order valence-electron chi connectivity index (χ0n) is 21.1. The monoisotopic (exact) mass is 481 g/mol. The minimum atomic E-state index is 0.232. The van der Waals surface area contributed by atoms with Gasteiger partial charge in [-0.25, -0.2) is 4.31 Å². The predicted octanol–water partition coefficient (Wildman–Crippen LogP) is 4.29. The van der Waals surface area contributed by atoms with Gasteiger partial charge >= 0.3 is 0 Å². The standard InChI is InChI=1S/C27H39N5OS/c1-5-23-18-25(7-8-26(23)24-17-21(3)28-19-24)29-10-9-22(4)31(12-11-29)20-27(33)30-13-15-32(16-14-30)34-6-2/h7-8,18-19H,4-6,9-17,20H2,1-3H3. The summed E-state index contributed by atoms with van der Waals surface area (Å²) in [5.41, 5.74) is 7.56. The first-order valence-corrected chi connectivity index (χ1v) is 13.6. The molecule has 7 heteroatoms. The fourth-order valence-corrected chi connectivity index (χ4v) is 5.78. The number of hydrogen-bond acceptors (Lipinski definition) is 6. The maximum atomic E-state index is 13.0. The zero-order valence-corrected chi connectivity index (χ0v) is 21.9. The third-order valence-electron chi connectivity index (χ3n) is 7.05. The van der Waals surface area contributed by atoms with Gasteiger partial charge in [-0.2, -0.15) is 0 Å². The van der Waals surface area contributed by atoms with Crippen molar-refractivity contribution in [1.29, 1.82) is 0 Å². The van der Waals surface area contributed by atoms with Crippen LogP contribution in [0.5, 0.6) is 0 Å². The van der Waals surface area contributed by atoms with Crippen LogP contribution >= 0.6 is 11.9 Å². The van der Waals surface area contributed by atoms with Gasteiger partial charge in [0, 0.05) is 87.7 Å². The number of benzene rings is 1. The molecule has 6 nitrogen and oxygen atoms in total. The van der Waals surface area contributed by atoms with Crippen LogP contribution in [0, 0.1) is 0 Å². The van der Waals surface area contributed by atoms with Crippen LogP contribution in [0.2, 0.25) is 0 Å². The number of rotatable bonds is 7. The second-order valence-electron chi connectivity index (χ2n) is 9.34. The Balaban J connectivity index is 1.36. The molecule has 3 aliphatic rings. The molecular formula is C27H39N5OS. The second-order valence-corrected chi connectivity index (χ2v) is 10.7. The van der Waals surface area contributed by atoms with E-state index in [1.165, 1.54) is 28.1 Å². The normalized spacial score (nSPS) is 19.9. The van der Waals surface area contributed by atoms with Crippen molar-refractivity contribution in [3.8, 4) is 0 Å². The Hall–Kier alpha value is -2.25. The van der Waals surface area contributed by atoms with Gasteiger partial charge in [0.25, 0.3) is 0 Å². The van der Waals surface area contributed by atoms with Gasteiger partial charge in [-0.1, -0.05) is 38.4 Å². The summed E-state index contributed by atoms with van der Waals surface area (Å²) >= 11 is 1.87. The van der Waals surface area contributed by atoms with Crippen molar-refractivity contribution in [1.82, 2.24) is 14.1 Å². The summed E-state index contributed by atoms with van der Waals surface area (Å²) in [6, 6.07) is 6.87. The first-order valence-electron chi connectivity index (χ1n) is 12.7. The number of carbonyl (C=O) groups excluding carboxylic acids is 1. The van der Waals surface area contributed by atoms with Crippen molar-refractivity contribution in [2.45, 2.75) is 40.0 Å². The van der Waals surface area contributed by atoms with E-state index in [1.807, 2.05) is 23.0 Å². The largest absolute Gasteiger partial charge is 0.369 e. The van der Waals surface area contributed by atoms with Crippen LogP contribution in [0.3, 0.4) is 0 Å². The average molecular weight is 482 g/mol. The van der Waals surface area contributed by atoms with E-state index in [2.05, 4.69) is 64.6 Å². The molecule has 3 heterocycles. The summed E-state index contributed by atoms with van der Waals surface area (Å²) in [5, 5.41) is 0. The Morgan fingerprint density at radius 1 is 1.09 bits per heavy atom. The summed E-state index contributed by atoms with van der Waals surface area (Å²) in [7, 11) is 0. The Labute approximate surface area is 209 Å². The van der Waals surface area contributed by atoms with E-state index in [0.717, 1.165) is 76.5 Å². The Morgan fingerprint density at radius 2 is 1.88 bits per heavy atom. The molecule has 34 heavy (non-hydrogen) atoms. The molecule has 0 spiro atoms. The maximum Gasteiger partial charge on any atom is 0.242 e. The molecule has 184 valence electrons. The molecule has 0 aromatic heterocycles. The lowest BCUT2D eigenvalue weighted by molar-refractivity contribution is -0.133. The summed E-state index contributed by atoms with van der Waals surface area (Å²) in [6.45, 7) is 17.5. The molecule has 4 rings (SSSR count). The fourth-order valence-electron chi connectivity index (χ4n) is 5.00. The van der Waals surface area contributed by atoms with Crippen LogP contribution in [0.4, 0.5) is 5.69 Å². The SMILES string of the molecule is C=C1CCN(c2ccc(C3=CN=C(C)C3)c(CC)c2)CCN1CC(=O)N1CCN(SCC)CC1. The number of piperazine rings is 1. The molecule has 1 aromatic carbocycles. The highest BCUT2D eigenvalue weighted by molar-refractivity contribution is 7.96. The van der Waals surface area contributed by atoms with Gasteiger partial charge in [-0.15, -0.1) is 0 Å². The summed E-state index contributed by atoms with van der Waals surface area (Å²) in [6.07, 6.45) is 4.86. The molecule has 0 aliphatic carbocycles. The number of carbonyl (C=O) groups is 1. The van der Waals surface area contributed by atoms with Crippen molar-refractivity contribution in [2.75, 3.05) is 63.0 Å². The van der Waals surface area contributed by atoms with Crippen LogP contribution in [-0.4, -0.2) is 83.8 Å². The van der Waals surface area contributed by atoms with E-state index in [-0.39, 0.29) is 5.91 Å². The topological polar surface area (TPSA) is 42.4 Å². The maximum absolute atomic E-state index is 13.0. The number of anilines is 1. The highest BCUT2D eigenvalue weighted by Crippen LogP contribution is 2.31. The van der Waals surface area contributed by atoms with Crippen molar-refractivity contribution in [2.24, 2.45) is 4.99 Å². The molecule has 3 aliphatic heterocycles. The van der Waals surface area contributed by atoms with Crippen LogP contribution in [0.1, 0.15) is 44.7 Å². The third kappa shape index (κ3) is 5.87. The first kappa shape index (κ1) is 24.9. The van der Waals surface area contributed by atoms with Crippen LogP contribution in [-0.2, 0) is 11.2 Å². The summed E-state index contributed by atoms with van der Waals surface area (Å²) in [4.78, 5) is 24.2. The first-order chi connectivity index (χ1) is 16.5. The Morgan fingerprint density at radius 3 is 2.56 bits per heavy atom. The number of amides is 1. The quantitative estimate of drug-likeness (QED) is 0.544. The van der Waals surface area contributed by atoms with Gasteiger partial charge in [-0.05, 0) is 42.2 Å². The van der Waals surface area contributed by atoms with E-state index >= 15 is 0 Å².